The fourth-order valence-corrected chi connectivity index (χ4v) is 1.77. The van der Waals surface area contributed by atoms with Gasteiger partial charge in [0.2, 0.25) is 11.8 Å². The van der Waals surface area contributed by atoms with Crippen molar-refractivity contribution in [3.63, 3.8) is 0 Å². The fraction of sp³-hybridized carbons (Fsp3) is 0.438. The van der Waals surface area contributed by atoms with E-state index in [4.69, 9.17) is 0 Å². The highest BCUT2D eigenvalue weighted by Gasteiger charge is 2.14. The Morgan fingerprint density at radius 1 is 0.864 bits per heavy atom. The summed E-state index contributed by atoms with van der Waals surface area (Å²) in [5.74, 6) is -0.443. The van der Waals surface area contributed by atoms with E-state index in [1.807, 2.05) is 20.8 Å². The molecule has 0 aromatic heterocycles. The first-order chi connectivity index (χ1) is 10.2. The summed E-state index contributed by atoms with van der Waals surface area (Å²) in [6.07, 6.45) is 0. The quantitative estimate of drug-likeness (QED) is 0.780. The first-order valence-corrected chi connectivity index (χ1v) is 7.20. The first-order valence-electron chi connectivity index (χ1n) is 7.20. The Morgan fingerprint density at radius 3 is 1.68 bits per heavy atom. The second-order valence-corrected chi connectivity index (χ2v) is 5.67. The largest absolute Gasteiger partial charge is 0.349 e. The Hall–Kier alpha value is -2.37. The van der Waals surface area contributed by atoms with E-state index in [0.717, 1.165) is 0 Å². The van der Waals surface area contributed by atoms with Crippen molar-refractivity contribution in [2.45, 2.75) is 40.7 Å². The van der Waals surface area contributed by atoms with E-state index in [2.05, 4.69) is 16.0 Å². The molecule has 0 unspecified atom stereocenters. The van der Waals surface area contributed by atoms with Crippen molar-refractivity contribution in [1.82, 2.24) is 5.32 Å². The standard InChI is InChI=1S/C16H23N3O3/c1-9(2)10(3)17-16(22)13-6-14(18-11(4)20)8-15(7-13)19-12(5)21/h6-10H,1-5H3,(H,17,22)(H,18,20)(H,19,21)/t10-/m0/s1. The Kier molecular flexibility index (Phi) is 6.10. The molecule has 0 saturated heterocycles. The maximum atomic E-state index is 12.3. The molecule has 6 heteroatoms. The Bertz CT molecular complexity index is 548. The number of hydrogen-bond acceptors (Lipinski definition) is 3. The van der Waals surface area contributed by atoms with Gasteiger partial charge in [-0.1, -0.05) is 13.8 Å². The molecule has 0 bridgehead atoms. The van der Waals surface area contributed by atoms with Crippen molar-refractivity contribution in [2.24, 2.45) is 5.92 Å². The normalized spacial score (nSPS) is 11.7. The molecule has 0 fully saturated rings. The van der Waals surface area contributed by atoms with Gasteiger partial charge in [-0.15, -0.1) is 0 Å². The SMILES string of the molecule is CC(=O)Nc1cc(NC(C)=O)cc(C(=O)N[C@@H](C)C(C)C)c1. The maximum absolute atomic E-state index is 12.3. The van der Waals surface area contributed by atoms with Gasteiger partial charge >= 0.3 is 0 Å². The lowest BCUT2D eigenvalue weighted by molar-refractivity contribution is -0.115. The van der Waals surface area contributed by atoms with E-state index >= 15 is 0 Å². The molecular weight excluding hydrogens is 282 g/mol. The molecule has 0 aliphatic heterocycles. The highest BCUT2D eigenvalue weighted by molar-refractivity contribution is 6.00. The molecule has 22 heavy (non-hydrogen) atoms. The molecule has 6 nitrogen and oxygen atoms in total. The van der Waals surface area contributed by atoms with Gasteiger partial charge in [-0.05, 0) is 31.0 Å². The van der Waals surface area contributed by atoms with E-state index in [0.29, 0.717) is 22.9 Å². The van der Waals surface area contributed by atoms with Gasteiger partial charge in [0.25, 0.3) is 5.91 Å². The summed E-state index contributed by atoms with van der Waals surface area (Å²) in [4.78, 5) is 34.7. The van der Waals surface area contributed by atoms with Crippen LogP contribution in [-0.2, 0) is 9.59 Å². The molecule has 0 radical (unpaired) electrons. The summed E-state index contributed by atoms with van der Waals surface area (Å²) in [6, 6.07) is 4.77. The molecule has 0 aliphatic rings. The number of carbonyl (C=O) groups excluding carboxylic acids is 3. The lowest BCUT2D eigenvalue weighted by atomic mass is 10.1. The molecule has 120 valence electrons. The summed E-state index contributed by atoms with van der Waals surface area (Å²) >= 11 is 0. The van der Waals surface area contributed by atoms with Crippen LogP contribution in [0.25, 0.3) is 0 Å². The fourth-order valence-electron chi connectivity index (χ4n) is 1.77. The number of nitrogens with one attached hydrogen (secondary N) is 3. The van der Waals surface area contributed by atoms with Crippen LogP contribution < -0.4 is 16.0 Å². The molecule has 1 rings (SSSR count). The average Bonchev–Trinajstić information content (AvgIpc) is 2.36. The Morgan fingerprint density at radius 2 is 1.32 bits per heavy atom. The minimum Gasteiger partial charge on any atom is -0.349 e. The zero-order chi connectivity index (χ0) is 16.9. The summed E-state index contributed by atoms with van der Waals surface area (Å²) in [7, 11) is 0. The van der Waals surface area contributed by atoms with E-state index in [1.165, 1.54) is 13.8 Å². The second kappa shape index (κ2) is 7.59. The number of benzene rings is 1. The lowest BCUT2D eigenvalue weighted by Crippen LogP contribution is -2.36. The lowest BCUT2D eigenvalue weighted by Gasteiger charge is -2.18. The van der Waals surface area contributed by atoms with Crippen LogP contribution in [0.1, 0.15) is 45.0 Å². The number of anilines is 2. The van der Waals surface area contributed by atoms with E-state index < -0.39 is 0 Å². The monoisotopic (exact) mass is 305 g/mol. The Labute approximate surface area is 130 Å². The van der Waals surface area contributed by atoms with Crippen LogP contribution in [0.5, 0.6) is 0 Å². The number of carbonyl (C=O) groups is 3. The molecular formula is C16H23N3O3. The second-order valence-electron chi connectivity index (χ2n) is 5.67. The number of rotatable bonds is 5. The Balaban J connectivity index is 3.07. The van der Waals surface area contributed by atoms with Crippen molar-refractivity contribution in [2.75, 3.05) is 10.6 Å². The van der Waals surface area contributed by atoms with E-state index in [-0.39, 0.29) is 23.8 Å². The maximum Gasteiger partial charge on any atom is 0.251 e. The topological polar surface area (TPSA) is 87.3 Å². The van der Waals surface area contributed by atoms with E-state index in [9.17, 15) is 14.4 Å². The third-order valence-corrected chi connectivity index (χ3v) is 3.19. The van der Waals surface area contributed by atoms with Crippen LogP contribution in [0.15, 0.2) is 18.2 Å². The molecule has 3 N–H and O–H groups in total. The molecule has 1 aromatic carbocycles. The first kappa shape index (κ1) is 17.7. The van der Waals surface area contributed by atoms with Crippen molar-refractivity contribution in [3.8, 4) is 0 Å². The van der Waals surface area contributed by atoms with E-state index in [1.54, 1.807) is 18.2 Å². The molecule has 0 heterocycles. The molecule has 1 atom stereocenters. The van der Waals surface area contributed by atoms with Crippen LogP contribution in [0.2, 0.25) is 0 Å². The van der Waals surface area contributed by atoms with Crippen LogP contribution in [0.3, 0.4) is 0 Å². The molecule has 1 aromatic rings. The van der Waals surface area contributed by atoms with Gasteiger partial charge in [0.1, 0.15) is 0 Å². The summed E-state index contributed by atoms with van der Waals surface area (Å²) < 4.78 is 0. The molecule has 0 saturated carbocycles. The van der Waals surface area contributed by atoms with Gasteiger partial charge in [-0.25, -0.2) is 0 Å². The molecule has 0 aliphatic carbocycles. The van der Waals surface area contributed by atoms with Crippen molar-refractivity contribution >= 4 is 29.1 Å². The third-order valence-electron chi connectivity index (χ3n) is 3.19. The van der Waals surface area contributed by atoms with Gasteiger partial charge in [0, 0.05) is 36.8 Å². The highest BCUT2D eigenvalue weighted by Crippen LogP contribution is 2.20. The third kappa shape index (κ3) is 5.55. The molecule has 0 spiro atoms. The smallest absolute Gasteiger partial charge is 0.251 e. The molecule has 3 amide bonds. The van der Waals surface area contributed by atoms with Gasteiger partial charge in [0.15, 0.2) is 0 Å². The zero-order valence-electron chi connectivity index (χ0n) is 13.6. The summed E-state index contributed by atoms with van der Waals surface area (Å²) in [5, 5.41) is 8.13. The minimum absolute atomic E-state index is 0.0149. The van der Waals surface area contributed by atoms with Gasteiger partial charge in [0.05, 0.1) is 0 Å². The predicted molar refractivity (Wildman–Crippen MR) is 86.8 cm³/mol. The van der Waals surface area contributed by atoms with Crippen LogP contribution >= 0.6 is 0 Å². The summed E-state index contributed by atoms with van der Waals surface area (Å²) in [6.45, 7) is 8.72. The van der Waals surface area contributed by atoms with Gasteiger partial charge < -0.3 is 16.0 Å². The number of hydrogen-bond donors (Lipinski definition) is 3. The minimum atomic E-state index is -0.250. The zero-order valence-corrected chi connectivity index (χ0v) is 13.6. The van der Waals surface area contributed by atoms with Gasteiger partial charge in [-0.3, -0.25) is 14.4 Å². The van der Waals surface area contributed by atoms with Gasteiger partial charge in [-0.2, -0.15) is 0 Å². The van der Waals surface area contributed by atoms with Crippen LogP contribution in [0, 0.1) is 5.92 Å². The van der Waals surface area contributed by atoms with Crippen LogP contribution in [-0.4, -0.2) is 23.8 Å². The van der Waals surface area contributed by atoms with Crippen LogP contribution in [0.4, 0.5) is 11.4 Å². The summed E-state index contributed by atoms with van der Waals surface area (Å²) in [5.41, 5.74) is 1.30. The van der Waals surface area contributed by atoms with Crippen molar-refractivity contribution < 1.29 is 14.4 Å². The average molecular weight is 305 g/mol. The predicted octanol–water partition coefficient (Wildman–Crippen LogP) is 2.38. The van der Waals surface area contributed by atoms with Crippen molar-refractivity contribution in [3.05, 3.63) is 23.8 Å². The highest BCUT2D eigenvalue weighted by atomic mass is 16.2. The van der Waals surface area contributed by atoms with Crippen molar-refractivity contribution in [1.29, 1.82) is 0 Å². The number of amides is 3.